The topological polar surface area (TPSA) is 138 Å². The molecule has 17 heteroatoms. The molecule has 1 aromatic carbocycles. The van der Waals surface area contributed by atoms with Gasteiger partial charge in [0, 0.05) is 38.4 Å². The molecule has 2 aliphatic heterocycles. The summed E-state index contributed by atoms with van der Waals surface area (Å²) in [5, 5.41) is 10.9. The van der Waals surface area contributed by atoms with Crippen molar-refractivity contribution in [2.75, 3.05) is 25.0 Å². The van der Waals surface area contributed by atoms with Gasteiger partial charge in [0.2, 0.25) is 11.7 Å². The molecule has 47 heavy (non-hydrogen) atoms. The summed E-state index contributed by atoms with van der Waals surface area (Å²) in [5.74, 6) is -0.331. The van der Waals surface area contributed by atoms with Crippen molar-refractivity contribution >= 4 is 35.1 Å². The number of nitrogens with zero attached hydrogens (tertiary/aromatic N) is 7. The van der Waals surface area contributed by atoms with E-state index in [2.05, 4.69) is 20.5 Å². The summed E-state index contributed by atoms with van der Waals surface area (Å²) in [6, 6.07) is 2.64. The van der Waals surface area contributed by atoms with Crippen LogP contribution in [-0.2, 0) is 46.1 Å². The van der Waals surface area contributed by atoms with Gasteiger partial charge in [-0.3, -0.25) is 14.3 Å². The molecule has 13 nitrogen and oxygen atoms in total. The van der Waals surface area contributed by atoms with Crippen molar-refractivity contribution in [3.8, 4) is 11.4 Å². The zero-order valence-electron chi connectivity index (χ0n) is 26.0. The summed E-state index contributed by atoms with van der Waals surface area (Å²) in [6.45, 7) is 5.73. The molecule has 2 aliphatic rings. The average molecular weight is 677 g/mol. The van der Waals surface area contributed by atoms with Crippen molar-refractivity contribution in [2.45, 2.75) is 64.0 Å². The molecular weight excluding hydrogens is 645 g/mol. The van der Waals surface area contributed by atoms with Crippen LogP contribution in [0.3, 0.4) is 0 Å². The number of nitrogens with one attached hydrogen (secondary N) is 1. The number of hydrogen-bond acceptors (Lipinski definition) is 8. The van der Waals surface area contributed by atoms with Gasteiger partial charge in [0.15, 0.2) is 5.82 Å². The van der Waals surface area contributed by atoms with Gasteiger partial charge in [0.25, 0.3) is 5.56 Å². The number of likely N-dealkylation sites (tertiary alicyclic amines) is 1. The quantitative estimate of drug-likeness (QED) is 0.336. The van der Waals surface area contributed by atoms with E-state index in [1.807, 2.05) is 0 Å². The second-order valence-electron chi connectivity index (χ2n) is 12.6. The predicted octanol–water partition coefficient (Wildman–Crippen LogP) is 4.40. The highest BCUT2D eigenvalue weighted by molar-refractivity contribution is 6.33. The molecule has 1 N–H and O–H groups in total. The van der Waals surface area contributed by atoms with E-state index in [0.29, 0.717) is 16.8 Å². The molecule has 0 bridgehead atoms. The highest BCUT2D eigenvalue weighted by Crippen LogP contribution is 2.41. The van der Waals surface area contributed by atoms with Gasteiger partial charge in [-0.15, -0.1) is 5.10 Å². The van der Waals surface area contributed by atoms with Crippen LogP contribution in [0, 0.1) is 0 Å². The number of amides is 2. The Kier molecular flexibility index (Phi) is 8.07. The first-order valence-corrected chi connectivity index (χ1v) is 15.2. The number of rotatable bonds is 4. The summed E-state index contributed by atoms with van der Waals surface area (Å²) in [5.41, 5.74) is -1.82. The van der Waals surface area contributed by atoms with Crippen LogP contribution in [0.1, 0.15) is 50.4 Å². The van der Waals surface area contributed by atoms with Gasteiger partial charge in [0.05, 0.1) is 40.2 Å². The minimum absolute atomic E-state index is 0.0116. The smallest absolute Gasteiger partial charge is 0.416 e. The zero-order chi connectivity index (χ0) is 33.9. The van der Waals surface area contributed by atoms with E-state index in [1.165, 1.54) is 0 Å². The standard InChI is InChI=1S/C30H32ClF3N8O5/c1-28(2,3)47-27(45)40-10-8-29(9-11-40)23-21(7-12-46-29)41(16-22(43)36-20-6-5-18(13-19(20)31)30(32,33)34)26-37-24(38-42(26)25(23)44)17-14-35-39(4)15-17/h5-6,13-15H,7-12,16H2,1-4H3,(H,36,43). The van der Waals surface area contributed by atoms with Crippen LogP contribution in [0.4, 0.5) is 23.7 Å². The van der Waals surface area contributed by atoms with Crippen molar-refractivity contribution in [3.63, 3.8) is 0 Å². The maximum Gasteiger partial charge on any atom is 0.416 e. The van der Waals surface area contributed by atoms with Gasteiger partial charge in [0.1, 0.15) is 17.7 Å². The number of halogens is 4. The monoisotopic (exact) mass is 676 g/mol. The van der Waals surface area contributed by atoms with Crippen LogP contribution in [0.5, 0.6) is 0 Å². The molecule has 0 aliphatic carbocycles. The molecule has 0 saturated carbocycles. The molecule has 0 atom stereocenters. The number of aryl methyl sites for hydroxylation is 1. The van der Waals surface area contributed by atoms with E-state index in [-0.39, 0.29) is 67.8 Å². The minimum Gasteiger partial charge on any atom is -0.444 e. The number of carbonyl (C=O) groups is 2. The average Bonchev–Trinajstić information content (AvgIpc) is 3.62. The van der Waals surface area contributed by atoms with Crippen LogP contribution >= 0.6 is 11.6 Å². The fraction of sp³-hybridized carbons (Fsp3) is 0.467. The maximum atomic E-state index is 14.2. The summed E-state index contributed by atoms with van der Waals surface area (Å²) in [7, 11) is 1.72. The summed E-state index contributed by atoms with van der Waals surface area (Å²) in [6.07, 6.45) is -1.00. The zero-order valence-corrected chi connectivity index (χ0v) is 26.8. The minimum atomic E-state index is -4.60. The molecule has 1 spiro atoms. The SMILES string of the molecule is Cn1cc(-c2nc3n(CC(=O)Nc4ccc(C(F)(F)F)cc4Cl)c4c(c(=O)n3n2)C2(CCN(C(=O)OC(C)(C)C)CC2)OCC4)cn1. The van der Waals surface area contributed by atoms with Crippen molar-refractivity contribution in [1.82, 2.24) is 33.8 Å². The molecule has 6 rings (SSSR count). The van der Waals surface area contributed by atoms with E-state index in [0.717, 1.165) is 22.7 Å². The van der Waals surface area contributed by atoms with Gasteiger partial charge in [-0.1, -0.05) is 11.6 Å². The van der Waals surface area contributed by atoms with E-state index >= 15 is 0 Å². The second-order valence-corrected chi connectivity index (χ2v) is 13.0. The molecule has 3 aromatic heterocycles. The number of aromatic nitrogens is 6. The number of piperidine rings is 1. The molecule has 2 amide bonds. The van der Waals surface area contributed by atoms with Crippen LogP contribution in [0.15, 0.2) is 35.4 Å². The van der Waals surface area contributed by atoms with Crippen molar-refractivity contribution in [3.05, 3.63) is 62.8 Å². The Morgan fingerprint density at radius 2 is 1.89 bits per heavy atom. The third-order valence-corrected chi connectivity index (χ3v) is 8.40. The first-order valence-electron chi connectivity index (χ1n) is 14.9. The van der Waals surface area contributed by atoms with Crippen LogP contribution in [0.25, 0.3) is 17.2 Å². The first kappa shape index (κ1) is 32.5. The Balaban J connectivity index is 1.39. The normalized spacial score (nSPS) is 16.4. The van der Waals surface area contributed by atoms with Gasteiger partial charge >= 0.3 is 12.3 Å². The second kappa shape index (κ2) is 11.7. The van der Waals surface area contributed by atoms with Crippen molar-refractivity contribution in [2.24, 2.45) is 7.05 Å². The lowest BCUT2D eigenvalue weighted by Gasteiger charge is -2.44. The third-order valence-electron chi connectivity index (χ3n) is 8.08. The Morgan fingerprint density at radius 3 is 2.51 bits per heavy atom. The number of benzene rings is 1. The van der Waals surface area contributed by atoms with Crippen LogP contribution in [-0.4, -0.2) is 71.1 Å². The Bertz CT molecular complexity index is 1940. The van der Waals surface area contributed by atoms with Gasteiger partial charge < -0.3 is 24.3 Å². The predicted molar refractivity (Wildman–Crippen MR) is 163 cm³/mol. The molecular formula is C30H32ClF3N8O5. The molecule has 5 heterocycles. The number of ether oxygens (including phenoxy) is 2. The number of carbonyl (C=O) groups excluding carboxylic acids is 2. The lowest BCUT2D eigenvalue weighted by atomic mass is 9.81. The lowest BCUT2D eigenvalue weighted by molar-refractivity contribution is -0.137. The Labute approximate surface area is 271 Å². The van der Waals surface area contributed by atoms with Gasteiger partial charge in [-0.05, 0) is 51.8 Å². The van der Waals surface area contributed by atoms with E-state index in [4.69, 9.17) is 21.1 Å². The van der Waals surface area contributed by atoms with Crippen molar-refractivity contribution in [1.29, 1.82) is 0 Å². The highest BCUT2D eigenvalue weighted by Gasteiger charge is 2.46. The molecule has 0 unspecified atom stereocenters. The van der Waals surface area contributed by atoms with Crippen LogP contribution in [0.2, 0.25) is 5.02 Å². The van der Waals surface area contributed by atoms with E-state index in [9.17, 15) is 27.6 Å². The number of fused-ring (bicyclic) bond motifs is 3. The molecule has 4 aromatic rings. The lowest BCUT2D eigenvalue weighted by Crippen LogP contribution is -2.52. The fourth-order valence-electron chi connectivity index (χ4n) is 5.96. The molecule has 0 radical (unpaired) electrons. The van der Waals surface area contributed by atoms with Gasteiger partial charge in [-0.2, -0.15) is 27.8 Å². The first-order chi connectivity index (χ1) is 22.0. The number of alkyl halides is 3. The third kappa shape index (κ3) is 6.31. The number of anilines is 1. The fourth-order valence-corrected chi connectivity index (χ4v) is 6.18. The van der Waals surface area contributed by atoms with Crippen LogP contribution < -0.4 is 10.9 Å². The molecule has 1 fully saturated rings. The summed E-state index contributed by atoms with van der Waals surface area (Å²) < 4.78 is 55.6. The van der Waals surface area contributed by atoms with Crippen molar-refractivity contribution < 1.29 is 32.2 Å². The molecule has 1 saturated heterocycles. The van der Waals surface area contributed by atoms with Gasteiger partial charge in [-0.25, -0.2) is 4.79 Å². The molecule has 250 valence electrons. The Morgan fingerprint density at radius 1 is 1.17 bits per heavy atom. The van der Waals surface area contributed by atoms with E-state index < -0.39 is 40.5 Å². The largest absolute Gasteiger partial charge is 0.444 e. The van der Waals surface area contributed by atoms with E-state index in [1.54, 1.807) is 54.4 Å². The summed E-state index contributed by atoms with van der Waals surface area (Å²) in [4.78, 5) is 46.6. The summed E-state index contributed by atoms with van der Waals surface area (Å²) >= 11 is 6.10. The number of hydrogen-bond donors (Lipinski definition) is 1. The highest BCUT2D eigenvalue weighted by atomic mass is 35.5. The maximum absolute atomic E-state index is 14.2. The Hall–Kier alpha value is -4.44.